The van der Waals surface area contributed by atoms with Gasteiger partial charge >= 0.3 is 19.5 Å². The van der Waals surface area contributed by atoms with Crippen LogP contribution in [0, 0.1) is 0 Å². The minimum absolute atomic E-state index is 0. The van der Waals surface area contributed by atoms with Gasteiger partial charge in [0.2, 0.25) is 0 Å². The Bertz CT molecular complexity index is 3130. The van der Waals surface area contributed by atoms with Crippen molar-refractivity contribution in [2.75, 3.05) is 0 Å². The summed E-state index contributed by atoms with van der Waals surface area (Å²) in [6.07, 6.45) is 6.63. The third-order valence-corrected chi connectivity index (χ3v) is 9.21. The Morgan fingerprint density at radius 3 is 1.20 bits per heavy atom. The van der Waals surface area contributed by atoms with Gasteiger partial charge in [0.1, 0.15) is 11.5 Å². The Labute approximate surface area is 324 Å². The minimum atomic E-state index is 0. The van der Waals surface area contributed by atoms with Crippen LogP contribution in [0.15, 0.2) is 134 Å². The number of benzene rings is 4. The molecule has 0 unspecified atom stereocenters. The van der Waals surface area contributed by atoms with Crippen LogP contribution in [0.1, 0.15) is 0 Å². The van der Waals surface area contributed by atoms with Crippen molar-refractivity contribution in [3.63, 3.8) is 0 Å². The molecule has 254 valence electrons. The van der Waals surface area contributed by atoms with Crippen LogP contribution in [0.3, 0.4) is 0 Å². The van der Waals surface area contributed by atoms with Crippen LogP contribution in [-0.2, 0) is 19.5 Å². The van der Waals surface area contributed by atoms with Crippen molar-refractivity contribution in [2.24, 2.45) is 0 Å². The van der Waals surface area contributed by atoms with Gasteiger partial charge in [0.25, 0.3) is 0 Å². The van der Waals surface area contributed by atoms with E-state index >= 15 is 0 Å². The molecule has 2 aliphatic rings. The summed E-state index contributed by atoms with van der Waals surface area (Å²) >= 11 is 0. The molecule has 0 saturated heterocycles. The van der Waals surface area contributed by atoms with E-state index in [2.05, 4.69) is 9.97 Å². The fourth-order valence-electron chi connectivity index (χ4n) is 6.74. The van der Waals surface area contributed by atoms with Crippen LogP contribution in [0.25, 0.3) is 89.7 Å². The van der Waals surface area contributed by atoms with Crippen molar-refractivity contribution in [3.05, 3.63) is 134 Å². The summed E-state index contributed by atoms with van der Waals surface area (Å²) in [7, 11) is 0. The number of pyridine rings is 2. The van der Waals surface area contributed by atoms with Crippen molar-refractivity contribution in [3.8, 4) is 68.5 Å². The molecule has 0 aliphatic carbocycles. The summed E-state index contributed by atoms with van der Waals surface area (Å²) in [5.41, 5.74) is 5.05. The Kier molecular flexibility index (Phi) is 7.67. The predicted octanol–water partition coefficient (Wildman–Crippen LogP) is 8.50. The van der Waals surface area contributed by atoms with Crippen molar-refractivity contribution in [2.45, 2.75) is 0 Å². The van der Waals surface area contributed by atoms with Crippen LogP contribution < -0.4 is 19.4 Å². The predicted molar refractivity (Wildman–Crippen MR) is 203 cm³/mol. The second-order valence-corrected chi connectivity index (χ2v) is 12.5. The maximum absolute atomic E-state index is 6.39. The quantitative estimate of drug-likeness (QED) is 0.158. The van der Waals surface area contributed by atoms with Gasteiger partial charge in [-0.2, -0.15) is 0 Å². The zero-order valence-electron chi connectivity index (χ0n) is 28.7. The number of hydrogen-bond donors (Lipinski definition) is 0. The van der Waals surface area contributed by atoms with Crippen LogP contribution in [-0.4, -0.2) is 39.9 Å². The molecule has 5 aromatic heterocycles. The fraction of sp³-hybridized carbons (Fsp3) is 0. The van der Waals surface area contributed by atoms with Crippen LogP contribution >= 0.6 is 0 Å². The summed E-state index contributed by atoms with van der Waals surface area (Å²) in [5, 5.41) is 2.96. The Balaban J connectivity index is 0.00000372. The molecule has 2 aliphatic heterocycles. The van der Waals surface area contributed by atoms with Gasteiger partial charge in [-0.15, -0.1) is 0 Å². The van der Waals surface area contributed by atoms with E-state index in [4.69, 9.17) is 49.3 Å². The summed E-state index contributed by atoms with van der Waals surface area (Å²) in [5.74, 6) is 3.83. The Morgan fingerprint density at radius 1 is 0.382 bits per heavy atom. The second-order valence-electron chi connectivity index (χ2n) is 12.5. The number of nitrogens with zero attached hydrogens (tertiary/aromatic N) is 10. The molecule has 0 N–H and O–H groups in total. The first-order valence-electron chi connectivity index (χ1n) is 17.1. The van der Waals surface area contributed by atoms with E-state index in [1.807, 2.05) is 97.1 Å². The summed E-state index contributed by atoms with van der Waals surface area (Å²) in [4.78, 5) is 48.5. The Hall–Kier alpha value is -7.24. The van der Waals surface area contributed by atoms with E-state index < -0.39 is 0 Å². The number of fused-ring (bicyclic) bond motifs is 20. The van der Waals surface area contributed by atoms with E-state index in [0.717, 1.165) is 33.0 Å². The monoisotopic (exact) mass is 762 g/mol. The summed E-state index contributed by atoms with van der Waals surface area (Å²) in [6.45, 7) is 0. The van der Waals surface area contributed by atoms with E-state index in [9.17, 15) is 0 Å². The minimum Gasteiger partial charge on any atom is -0.452 e. The summed E-state index contributed by atoms with van der Waals surface area (Å²) in [6, 6.07) is 34.5. The molecule has 0 fully saturated rings. The zero-order valence-corrected chi connectivity index (χ0v) is 31.7. The molecule has 13 heteroatoms. The van der Waals surface area contributed by atoms with Gasteiger partial charge in [0.05, 0.1) is 24.0 Å². The molecule has 0 spiro atoms. The molecule has 8 bridgehead atoms. The maximum atomic E-state index is 6.39. The van der Waals surface area contributed by atoms with Crippen LogP contribution in [0.2, 0.25) is 0 Å². The fourth-order valence-corrected chi connectivity index (χ4v) is 6.74. The molecule has 0 saturated carbocycles. The van der Waals surface area contributed by atoms with Gasteiger partial charge in [0, 0.05) is 57.2 Å². The second kappa shape index (κ2) is 13.0. The van der Waals surface area contributed by atoms with Crippen molar-refractivity contribution in [1.29, 1.82) is 0 Å². The van der Waals surface area contributed by atoms with Gasteiger partial charge < -0.3 is 34.4 Å². The standard InChI is InChI=1S/C42H22N10O2.Zn/c1-2-12-26-25(11-1)35-45-36(26)47-38-28-14-4-6-16-30(28)40(49-38)51-42-32-20-34(54-24-10-8-18-44-22-24)33(53-23-9-7-17-43-21-23)19-31(32)41(52-42)50-39-29-15-5-3-13-27(29)37(46-35)48-39;/h1-22H;/q-2;+2. The maximum Gasteiger partial charge on any atom is 2.00 e. The van der Waals surface area contributed by atoms with Crippen LogP contribution in [0.4, 0.5) is 0 Å². The molecule has 55 heavy (non-hydrogen) atoms. The molecule has 0 radical (unpaired) electrons. The third-order valence-electron chi connectivity index (χ3n) is 9.21. The van der Waals surface area contributed by atoms with E-state index in [1.54, 1.807) is 36.9 Å². The average Bonchev–Trinajstić information content (AvgIpc) is 3.94. The SMILES string of the molecule is [Zn+2].c1cncc(Oc2cc3c4nc5nc(nc6nc(nc7[n-]c(nc([n-]4)c3cc2Oc2cccnc2)c2ccccc72)-c2ccccc2-6)-c2ccccc2-5)c1. The van der Waals surface area contributed by atoms with E-state index in [0.29, 0.717) is 79.7 Å². The molecule has 11 rings (SSSR count). The van der Waals surface area contributed by atoms with Crippen molar-refractivity contribution >= 4 is 44.1 Å². The number of rotatable bonds is 4. The topological polar surface area (TPSA) is 150 Å². The first-order valence-corrected chi connectivity index (χ1v) is 17.1. The first-order chi connectivity index (χ1) is 26.7. The molecule has 12 nitrogen and oxygen atoms in total. The van der Waals surface area contributed by atoms with Gasteiger partial charge in [-0.1, -0.05) is 72.8 Å². The zero-order chi connectivity index (χ0) is 35.6. The van der Waals surface area contributed by atoms with Crippen LogP contribution in [0.5, 0.6) is 23.0 Å². The van der Waals surface area contributed by atoms with Gasteiger partial charge in [-0.3, -0.25) is 9.97 Å². The van der Waals surface area contributed by atoms with Gasteiger partial charge in [-0.05, 0) is 57.9 Å². The Morgan fingerprint density at radius 2 is 0.764 bits per heavy atom. The number of aromatic nitrogens is 10. The molecule has 4 aromatic carbocycles. The molecular weight excluding hydrogens is 742 g/mol. The van der Waals surface area contributed by atoms with E-state index in [-0.39, 0.29) is 19.5 Å². The third kappa shape index (κ3) is 5.56. The van der Waals surface area contributed by atoms with Crippen molar-refractivity contribution < 1.29 is 29.0 Å². The molecular formula is C42H22N10O2Zn. The first kappa shape index (κ1) is 32.4. The van der Waals surface area contributed by atoms with Gasteiger partial charge in [-0.25, -0.2) is 15.0 Å². The molecule has 0 amide bonds. The van der Waals surface area contributed by atoms with Gasteiger partial charge in [0.15, 0.2) is 23.1 Å². The van der Waals surface area contributed by atoms with Crippen molar-refractivity contribution in [1.82, 2.24) is 49.8 Å². The molecule has 7 heterocycles. The molecule has 0 atom stereocenters. The summed E-state index contributed by atoms with van der Waals surface area (Å²) < 4.78 is 12.8. The normalized spacial score (nSPS) is 11.5. The van der Waals surface area contributed by atoms with E-state index in [1.165, 1.54) is 0 Å². The smallest absolute Gasteiger partial charge is 0.452 e. The average molecular weight is 764 g/mol. The number of ether oxygens (including phenoxy) is 2. The molecule has 9 aromatic rings. The largest absolute Gasteiger partial charge is 2.00 e. The number of hydrogen-bond acceptors (Lipinski definition) is 10.